The predicted octanol–water partition coefficient (Wildman–Crippen LogP) is 5.44. The fraction of sp³-hybridized carbons (Fsp3) is 0.227. The SMILES string of the molecule is CC(C)Cn1c(SCc2cccc3ccccc23)nnc1-c1ccncc1. The lowest BCUT2D eigenvalue weighted by Crippen LogP contribution is -2.08. The number of pyridine rings is 1. The van der Waals surface area contributed by atoms with Crippen LogP contribution in [0.25, 0.3) is 22.2 Å². The van der Waals surface area contributed by atoms with Crippen LogP contribution in [0.2, 0.25) is 0 Å². The Kier molecular flexibility index (Phi) is 5.21. The van der Waals surface area contributed by atoms with Crippen LogP contribution in [0.15, 0.2) is 72.1 Å². The van der Waals surface area contributed by atoms with Gasteiger partial charge in [0.25, 0.3) is 0 Å². The number of thioether (sulfide) groups is 1. The zero-order chi connectivity index (χ0) is 18.6. The molecule has 0 spiro atoms. The first-order valence-corrected chi connectivity index (χ1v) is 10.1. The number of nitrogens with zero attached hydrogens (tertiary/aromatic N) is 4. The van der Waals surface area contributed by atoms with Crippen molar-refractivity contribution >= 4 is 22.5 Å². The lowest BCUT2D eigenvalue weighted by molar-refractivity contribution is 0.498. The Morgan fingerprint density at radius 1 is 0.926 bits per heavy atom. The van der Waals surface area contributed by atoms with E-state index in [4.69, 9.17) is 0 Å². The van der Waals surface area contributed by atoms with E-state index in [1.807, 2.05) is 12.1 Å². The topological polar surface area (TPSA) is 43.6 Å². The molecular weight excluding hydrogens is 352 g/mol. The van der Waals surface area contributed by atoms with Gasteiger partial charge in [0.15, 0.2) is 11.0 Å². The van der Waals surface area contributed by atoms with E-state index in [1.165, 1.54) is 16.3 Å². The number of fused-ring (bicyclic) bond motifs is 1. The van der Waals surface area contributed by atoms with Crippen molar-refractivity contribution in [2.24, 2.45) is 5.92 Å². The molecule has 0 radical (unpaired) electrons. The Morgan fingerprint density at radius 2 is 1.70 bits per heavy atom. The molecule has 0 aliphatic heterocycles. The number of hydrogen-bond donors (Lipinski definition) is 0. The van der Waals surface area contributed by atoms with Crippen LogP contribution >= 0.6 is 11.8 Å². The average molecular weight is 375 g/mol. The molecule has 0 saturated carbocycles. The summed E-state index contributed by atoms with van der Waals surface area (Å²) in [5.41, 5.74) is 2.37. The predicted molar refractivity (Wildman–Crippen MR) is 112 cm³/mol. The van der Waals surface area contributed by atoms with Crippen LogP contribution in [0.1, 0.15) is 19.4 Å². The quantitative estimate of drug-likeness (QED) is 0.421. The van der Waals surface area contributed by atoms with E-state index >= 15 is 0 Å². The summed E-state index contributed by atoms with van der Waals surface area (Å²) in [7, 11) is 0. The van der Waals surface area contributed by atoms with Crippen LogP contribution in [0.5, 0.6) is 0 Å². The Labute approximate surface area is 163 Å². The fourth-order valence-electron chi connectivity index (χ4n) is 3.20. The van der Waals surface area contributed by atoms with Crippen LogP contribution < -0.4 is 0 Å². The first kappa shape index (κ1) is 17.7. The van der Waals surface area contributed by atoms with Gasteiger partial charge >= 0.3 is 0 Å². The molecule has 2 aromatic heterocycles. The summed E-state index contributed by atoms with van der Waals surface area (Å²) >= 11 is 1.75. The lowest BCUT2D eigenvalue weighted by atomic mass is 10.1. The fourth-order valence-corrected chi connectivity index (χ4v) is 4.15. The highest BCUT2D eigenvalue weighted by Gasteiger charge is 2.16. The molecule has 0 atom stereocenters. The molecule has 4 aromatic rings. The molecule has 2 aromatic carbocycles. The Hall–Kier alpha value is -2.66. The third-order valence-electron chi connectivity index (χ3n) is 4.44. The van der Waals surface area contributed by atoms with Gasteiger partial charge in [0.05, 0.1) is 0 Å². The molecule has 0 saturated heterocycles. The van der Waals surface area contributed by atoms with Crippen LogP contribution in [0.3, 0.4) is 0 Å². The summed E-state index contributed by atoms with van der Waals surface area (Å²) in [5, 5.41) is 12.5. The zero-order valence-corrected chi connectivity index (χ0v) is 16.4. The van der Waals surface area contributed by atoms with Crippen LogP contribution in [0.4, 0.5) is 0 Å². The highest BCUT2D eigenvalue weighted by molar-refractivity contribution is 7.98. The molecule has 0 aliphatic rings. The maximum atomic E-state index is 4.50. The van der Waals surface area contributed by atoms with Gasteiger partial charge in [-0.25, -0.2) is 0 Å². The summed E-state index contributed by atoms with van der Waals surface area (Å²) < 4.78 is 2.23. The van der Waals surface area contributed by atoms with Crippen molar-refractivity contribution in [2.75, 3.05) is 0 Å². The minimum absolute atomic E-state index is 0.512. The van der Waals surface area contributed by atoms with E-state index in [2.05, 4.69) is 76.1 Å². The normalized spacial score (nSPS) is 11.4. The molecule has 5 heteroatoms. The van der Waals surface area contributed by atoms with Gasteiger partial charge in [-0.3, -0.25) is 4.98 Å². The van der Waals surface area contributed by atoms with Gasteiger partial charge in [0.2, 0.25) is 0 Å². The second-order valence-corrected chi connectivity index (χ2v) is 7.92. The molecule has 0 aliphatic carbocycles. The van der Waals surface area contributed by atoms with E-state index in [1.54, 1.807) is 24.2 Å². The number of hydrogen-bond acceptors (Lipinski definition) is 4. The smallest absolute Gasteiger partial charge is 0.191 e. The monoisotopic (exact) mass is 374 g/mol. The van der Waals surface area contributed by atoms with E-state index < -0.39 is 0 Å². The lowest BCUT2D eigenvalue weighted by Gasteiger charge is -2.13. The Balaban J connectivity index is 1.64. The second-order valence-electron chi connectivity index (χ2n) is 6.97. The molecule has 136 valence electrons. The minimum Gasteiger partial charge on any atom is -0.302 e. The average Bonchev–Trinajstić information content (AvgIpc) is 3.09. The molecule has 0 bridgehead atoms. The summed E-state index contributed by atoms with van der Waals surface area (Å²) in [6.45, 7) is 5.33. The third-order valence-corrected chi connectivity index (χ3v) is 5.46. The number of rotatable bonds is 6. The van der Waals surface area contributed by atoms with E-state index in [0.29, 0.717) is 5.92 Å². The van der Waals surface area contributed by atoms with Crippen LogP contribution in [-0.4, -0.2) is 19.7 Å². The number of benzene rings is 2. The first-order chi connectivity index (χ1) is 13.2. The molecule has 4 rings (SSSR count). The van der Waals surface area contributed by atoms with Gasteiger partial charge in [0, 0.05) is 30.3 Å². The highest BCUT2D eigenvalue weighted by Crippen LogP contribution is 2.29. The molecule has 0 N–H and O–H groups in total. The molecule has 0 unspecified atom stereocenters. The Bertz CT molecular complexity index is 1040. The van der Waals surface area contributed by atoms with Gasteiger partial charge in [-0.15, -0.1) is 10.2 Å². The minimum atomic E-state index is 0.512. The molecule has 0 amide bonds. The standard InChI is InChI=1S/C22H22N4S/c1-16(2)14-26-21(18-10-12-23-13-11-18)24-25-22(26)27-15-19-8-5-7-17-6-3-4-9-20(17)19/h3-13,16H,14-15H2,1-2H3. The molecular formula is C22H22N4S. The second kappa shape index (κ2) is 7.92. The maximum absolute atomic E-state index is 4.50. The molecule has 2 heterocycles. The molecule has 0 fully saturated rings. The molecule has 4 nitrogen and oxygen atoms in total. The van der Waals surface area contributed by atoms with Crippen molar-refractivity contribution in [1.29, 1.82) is 0 Å². The van der Waals surface area contributed by atoms with Gasteiger partial charge < -0.3 is 4.57 Å². The maximum Gasteiger partial charge on any atom is 0.191 e. The van der Waals surface area contributed by atoms with Crippen molar-refractivity contribution in [3.63, 3.8) is 0 Å². The van der Waals surface area contributed by atoms with Crippen molar-refractivity contribution in [1.82, 2.24) is 19.7 Å². The summed E-state index contributed by atoms with van der Waals surface area (Å²) in [6.07, 6.45) is 3.60. The zero-order valence-electron chi connectivity index (χ0n) is 15.5. The van der Waals surface area contributed by atoms with Crippen LogP contribution in [0, 0.1) is 5.92 Å². The van der Waals surface area contributed by atoms with Gasteiger partial charge in [0.1, 0.15) is 0 Å². The largest absolute Gasteiger partial charge is 0.302 e. The van der Waals surface area contributed by atoms with Gasteiger partial charge in [-0.05, 0) is 34.4 Å². The summed E-state index contributed by atoms with van der Waals surface area (Å²) in [6, 6.07) is 19.0. The number of aromatic nitrogens is 4. The summed E-state index contributed by atoms with van der Waals surface area (Å²) in [5.74, 6) is 2.29. The van der Waals surface area contributed by atoms with Crippen molar-refractivity contribution in [2.45, 2.75) is 31.3 Å². The van der Waals surface area contributed by atoms with E-state index in [9.17, 15) is 0 Å². The van der Waals surface area contributed by atoms with E-state index in [0.717, 1.165) is 28.8 Å². The first-order valence-electron chi connectivity index (χ1n) is 9.15. The van der Waals surface area contributed by atoms with Gasteiger partial charge in [-0.2, -0.15) is 0 Å². The van der Waals surface area contributed by atoms with Gasteiger partial charge in [-0.1, -0.05) is 68.1 Å². The van der Waals surface area contributed by atoms with E-state index in [-0.39, 0.29) is 0 Å². The summed E-state index contributed by atoms with van der Waals surface area (Å²) in [4.78, 5) is 4.11. The third kappa shape index (κ3) is 3.88. The van der Waals surface area contributed by atoms with Crippen molar-refractivity contribution in [3.8, 4) is 11.4 Å². The van der Waals surface area contributed by atoms with Crippen molar-refractivity contribution in [3.05, 3.63) is 72.6 Å². The highest BCUT2D eigenvalue weighted by atomic mass is 32.2. The van der Waals surface area contributed by atoms with Crippen LogP contribution in [-0.2, 0) is 12.3 Å². The molecule has 27 heavy (non-hydrogen) atoms. The van der Waals surface area contributed by atoms with Crippen molar-refractivity contribution < 1.29 is 0 Å². The Morgan fingerprint density at radius 3 is 2.52 bits per heavy atom.